The van der Waals surface area contributed by atoms with Crippen LogP contribution < -0.4 is 0 Å². The van der Waals surface area contributed by atoms with Crippen LogP contribution in [0.25, 0.3) is 0 Å². The minimum atomic E-state index is -0.0464. The van der Waals surface area contributed by atoms with E-state index in [-0.39, 0.29) is 24.1 Å². The van der Waals surface area contributed by atoms with Gasteiger partial charge in [-0.1, -0.05) is 296 Å². The second kappa shape index (κ2) is 67.9. The Labute approximate surface area is 513 Å². The van der Waals surface area contributed by atoms with E-state index in [4.69, 9.17) is 9.47 Å². The van der Waals surface area contributed by atoms with E-state index in [9.17, 15) is 9.59 Å². The fourth-order valence-corrected chi connectivity index (χ4v) is 11.3. The molecule has 6 heteroatoms. The number of allylic oxidation sites excluding steroid dienone is 8. The predicted octanol–water partition coefficient (Wildman–Crippen LogP) is 24.0. The molecule has 0 radical (unpaired) electrons. The summed E-state index contributed by atoms with van der Waals surface area (Å²) < 4.78 is 12.5. The van der Waals surface area contributed by atoms with Crippen molar-refractivity contribution in [3.05, 3.63) is 48.6 Å². The third-order valence-electron chi connectivity index (χ3n) is 16.9. The molecule has 482 valence electrons. The number of carbonyl (C=O) groups excluding carboxylic acids is 2. The number of unbranched alkanes of at least 4 members (excludes halogenated alkanes) is 39. The number of hydrogen-bond acceptors (Lipinski definition) is 6. The highest BCUT2D eigenvalue weighted by Crippen LogP contribution is 2.18. The van der Waals surface area contributed by atoms with Crippen LogP contribution in [-0.2, 0) is 19.1 Å². The molecule has 2 unspecified atom stereocenters. The largest absolute Gasteiger partial charge is 0.461 e. The van der Waals surface area contributed by atoms with Gasteiger partial charge in [0.15, 0.2) is 0 Å². The number of rotatable bonds is 67. The molecule has 0 amide bonds. The van der Waals surface area contributed by atoms with Crippen LogP contribution in [0, 0.1) is 0 Å². The summed E-state index contributed by atoms with van der Waals surface area (Å²) in [6.45, 7) is 19.5. The lowest BCUT2D eigenvalue weighted by Gasteiger charge is -2.29. The molecule has 6 nitrogen and oxygen atoms in total. The van der Waals surface area contributed by atoms with Crippen molar-refractivity contribution >= 4 is 11.9 Å². The summed E-state index contributed by atoms with van der Waals surface area (Å²) in [5.74, 6) is -0.0121. The Balaban J connectivity index is 5.29. The van der Waals surface area contributed by atoms with Crippen molar-refractivity contribution in [3.63, 3.8) is 0 Å². The maximum Gasteiger partial charge on any atom is 0.306 e. The SMILES string of the molecule is CCCCC/C=C\C/C=C\CCCCCCCC(=O)OC(CC)CN(CCCCCCCCCCCCCC)CCCCN(CCCCCCCCCCCCCC)CC(CC)OC(=O)CCCCCCC/C=C\C/C=C\CCCCC. The lowest BCUT2D eigenvalue weighted by molar-refractivity contribution is -0.151. The van der Waals surface area contributed by atoms with Gasteiger partial charge in [-0.15, -0.1) is 0 Å². The zero-order valence-corrected chi connectivity index (χ0v) is 56.3. The van der Waals surface area contributed by atoms with Crippen molar-refractivity contribution in [1.29, 1.82) is 0 Å². The summed E-state index contributed by atoms with van der Waals surface area (Å²) in [4.78, 5) is 31.7. The van der Waals surface area contributed by atoms with Gasteiger partial charge >= 0.3 is 11.9 Å². The van der Waals surface area contributed by atoms with Crippen molar-refractivity contribution in [3.8, 4) is 0 Å². The molecule has 0 N–H and O–H groups in total. The summed E-state index contributed by atoms with van der Waals surface area (Å²) in [5.41, 5.74) is 0. The van der Waals surface area contributed by atoms with E-state index in [0.717, 1.165) is 116 Å². The Morgan fingerprint density at radius 3 is 0.780 bits per heavy atom. The van der Waals surface area contributed by atoms with E-state index >= 15 is 0 Å². The standard InChI is InChI=1S/C76H144N2O4/c1-7-13-17-21-25-29-33-37-39-41-43-47-51-55-59-65-75(79)81-73(11-5)71-77(67-61-57-53-49-45-35-31-27-23-19-15-9-3)69-63-64-70-78(68-62-58-54-50-46-36-32-28-24-20-16-10-4)72-74(12-6)82-76(80)66-60-56-52-48-44-42-40-38-34-30-26-22-18-14-8-2/h25-26,29-30,37-40,73-74H,7-24,27-28,31-36,41-72H2,1-6H3/b29-25-,30-26-,39-37-,40-38-. The van der Waals surface area contributed by atoms with Crippen LogP contribution in [0.15, 0.2) is 48.6 Å². The number of esters is 2. The molecule has 0 aliphatic rings. The minimum Gasteiger partial charge on any atom is -0.461 e. The summed E-state index contributed by atoms with van der Waals surface area (Å²) in [6.07, 6.45) is 82.4. The first-order valence-electron chi connectivity index (χ1n) is 36.9. The van der Waals surface area contributed by atoms with Gasteiger partial charge in [-0.2, -0.15) is 0 Å². The van der Waals surface area contributed by atoms with Gasteiger partial charge in [-0.3, -0.25) is 19.4 Å². The molecule has 0 fully saturated rings. The fraction of sp³-hybridized carbons (Fsp3) is 0.868. The zero-order chi connectivity index (χ0) is 59.5. The Morgan fingerprint density at radius 2 is 0.500 bits per heavy atom. The highest BCUT2D eigenvalue weighted by atomic mass is 16.5. The number of hydrogen-bond donors (Lipinski definition) is 0. The Hall–Kier alpha value is -2.18. The fourth-order valence-electron chi connectivity index (χ4n) is 11.3. The molecule has 0 saturated heterocycles. The lowest BCUT2D eigenvalue weighted by Crippen LogP contribution is -2.38. The summed E-state index contributed by atoms with van der Waals surface area (Å²) in [7, 11) is 0. The van der Waals surface area contributed by atoms with Gasteiger partial charge < -0.3 is 9.47 Å². The summed E-state index contributed by atoms with van der Waals surface area (Å²) in [6, 6.07) is 0. The third kappa shape index (κ3) is 60.9. The smallest absolute Gasteiger partial charge is 0.306 e. The van der Waals surface area contributed by atoms with Gasteiger partial charge in [-0.25, -0.2) is 0 Å². The molecule has 0 heterocycles. The van der Waals surface area contributed by atoms with Crippen molar-refractivity contribution in [2.75, 3.05) is 39.3 Å². The van der Waals surface area contributed by atoms with Crippen molar-refractivity contribution in [2.24, 2.45) is 0 Å². The summed E-state index contributed by atoms with van der Waals surface area (Å²) in [5, 5.41) is 0. The second-order valence-electron chi connectivity index (χ2n) is 25.1. The van der Waals surface area contributed by atoms with Crippen LogP contribution in [0.4, 0.5) is 0 Å². The quantitative estimate of drug-likeness (QED) is 0.0344. The topological polar surface area (TPSA) is 59.1 Å². The molecule has 0 bridgehead atoms. The van der Waals surface area contributed by atoms with Crippen LogP contribution in [0.2, 0.25) is 0 Å². The van der Waals surface area contributed by atoms with Gasteiger partial charge in [0.2, 0.25) is 0 Å². The predicted molar refractivity (Wildman–Crippen MR) is 363 cm³/mol. The maximum absolute atomic E-state index is 13.2. The molecule has 0 aliphatic heterocycles. The van der Waals surface area contributed by atoms with E-state index in [1.54, 1.807) is 0 Å². The molecule has 0 spiro atoms. The van der Waals surface area contributed by atoms with Crippen LogP contribution in [0.5, 0.6) is 0 Å². The Bertz CT molecular complexity index is 1300. The lowest BCUT2D eigenvalue weighted by atomic mass is 10.1. The van der Waals surface area contributed by atoms with Crippen molar-refractivity contribution in [1.82, 2.24) is 9.80 Å². The first kappa shape index (κ1) is 79.8. The van der Waals surface area contributed by atoms with Gasteiger partial charge in [0.05, 0.1) is 0 Å². The Morgan fingerprint density at radius 1 is 0.280 bits per heavy atom. The van der Waals surface area contributed by atoms with E-state index < -0.39 is 0 Å². The molecule has 0 aliphatic carbocycles. The molecular weight excluding hydrogens is 1000 g/mol. The summed E-state index contributed by atoms with van der Waals surface area (Å²) >= 11 is 0. The molecular formula is C76H144N2O4. The normalized spacial score (nSPS) is 12.9. The van der Waals surface area contributed by atoms with Crippen LogP contribution in [0.1, 0.15) is 375 Å². The average Bonchev–Trinajstić information content (AvgIpc) is 3.48. The van der Waals surface area contributed by atoms with E-state index in [1.807, 2.05) is 0 Å². The molecule has 0 aromatic carbocycles. The molecule has 2 atom stereocenters. The first-order valence-corrected chi connectivity index (χ1v) is 36.9. The van der Waals surface area contributed by atoms with E-state index in [0.29, 0.717) is 12.8 Å². The average molecular weight is 1150 g/mol. The van der Waals surface area contributed by atoms with Gasteiger partial charge in [0, 0.05) is 25.9 Å². The highest BCUT2D eigenvalue weighted by molar-refractivity contribution is 5.69. The molecule has 82 heavy (non-hydrogen) atoms. The van der Waals surface area contributed by atoms with Crippen LogP contribution in [-0.4, -0.2) is 73.2 Å². The molecule has 0 saturated carbocycles. The van der Waals surface area contributed by atoms with Crippen LogP contribution >= 0.6 is 0 Å². The van der Waals surface area contributed by atoms with E-state index in [2.05, 4.69) is 100.0 Å². The number of ether oxygens (including phenoxy) is 2. The number of nitrogens with zero attached hydrogens (tertiary/aromatic N) is 2. The Kier molecular flexibility index (Phi) is 66.1. The van der Waals surface area contributed by atoms with Crippen LogP contribution in [0.3, 0.4) is 0 Å². The highest BCUT2D eigenvalue weighted by Gasteiger charge is 2.19. The van der Waals surface area contributed by atoms with Gasteiger partial charge in [-0.05, 0) is 142 Å². The third-order valence-corrected chi connectivity index (χ3v) is 16.9. The van der Waals surface area contributed by atoms with Gasteiger partial charge in [0.1, 0.15) is 12.2 Å². The number of carbonyl (C=O) groups is 2. The second-order valence-corrected chi connectivity index (χ2v) is 25.1. The van der Waals surface area contributed by atoms with Gasteiger partial charge in [0.25, 0.3) is 0 Å². The van der Waals surface area contributed by atoms with Crippen molar-refractivity contribution < 1.29 is 19.1 Å². The zero-order valence-electron chi connectivity index (χ0n) is 56.3. The molecule has 0 aromatic rings. The molecule has 0 aromatic heterocycles. The molecule has 0 rings (SSSR count). The van der Waals surface area contributed by atoms with Crippen molar-refractivity contribution in [2.45, 2.75) is 388 Å². The van der Waals surface area contributed by atoms with E-state index in [1.165, 1.54) is 244 Å². The monoisotopic (exact) mass is 1150 g/mol. The maximum atomic E-state index is 13.2. The first-order chi connectivity index (χ1) is 40.4. The minimum absolute atomic E-state index is 0.00603.